The molecular formula is C9H13N3O6. The zero-order valence-corrected chi connectivity index (χ0v) is 9.15. The maximum Gasteiger partial charge on any atom is 0.270 e. The standard InChI is InChI=1S/C9H13N3O6/c10-9(17)4-6(15)3(11-12-4)8-7(16)5(14)2(1-13)18-8/h2,5,7-8,13-16H,1H2,(H2,10,17)(H,11,12). The van der Waals surface area contributed by atoms with Gasteiger partial charge in [-0.15, -0.1) is 0 Å². The van der Waals surface area contributed by atoms with E-state index in [4.69, 9.17) is 15.6 Å². The van der Waals surface area contributed by atoms with Crippen LogP contribution in [0.15, 0.2) is 0 Å². The van der Waals surface area contributed by atoms with Crippen molar-refractivity contribution in [1.82, 2.24) is 10.2 Å². The highest BCUT2D eigenvalue weighted by Crippen LogP contribution is 2.37. The Morgan fingerprint density at radius 2 is 2.11 bits per heavy atom. The molecular weight excluding hydrogens is 246 g/mol. The number of nitrogens with zero attached hydrogens (tertiary/aromatic N) is 1. The molecule has 2 rings (SSSR count). The molecule has 100 valence electrons. The van der Waals surface area contributed by atoms with Gasteiger partial charge in [-0.2, -0.15) is 5.10 Å². The Balaban J connectivity index is 2.30. The number of ether oxygens (including phenoxy) is 1. The second kappa shape index (κ2) is 4.53. The fourth-order valence-corrected chi connectivity index (χ4v) is 1.85. The third kappa shape index (κ3) is 1.82. The van der Waals surface area contributed by atoms with Gasteiger partial charge in [-0.1, -0.05) is 0 Å². The molecule has 1 fully saturated rings. The number of hydrogen-bond donors (Lipinski definition) is 6. The molecule has 7 N–H and O–H groups in total. The van der Waals surface area contributed by atoms with Crippen LogP contribution in [0.3, 0.4) is 0 Å². The summed E-state index contributed by atoms with van der Waals surface area (Å²) in [7, 11) is 0. The summed E-state index contributed by atoms with van der Waals surface area (Å²) in [5.74, 6) is -1.46. The van der Waals surface area contributed by atoms with E-state index in [-0.39, 0.29) is 11.4 Å². The highest BCUT2D eigenvalue weighted by Gasteiger charge is 2.45. The van der Waals surface area contributed by atoms with Crippen LogP contribution in [0.2, 0.25) is 0 Å². The zero-order valence-electron chi connectivity index (χ0n) is 9.15. The molecule has 0 saturated carbocycles. The maximum absolute atomic E-state index is 10.9. The lowest BCUT2D eigenvalue weighted by Gasteiger charge is -2.12. The van der Waals surface area contributed by atoms with Crippen molar-refractivity contribution in [1.29, 1.82) is 0 Å². The van der Waals surface area contributed by atoms with E-state index in [9.17, 15) is 20.1 Å². The smallest absolute Gasteiger partial charge is 0.270 e. The lowest BCUT2D eigenvalue weighted by molar-refractivity contribution is -0.0245. The number of nitrogens with one attached hydrogen (secondary N) is 1. The number of H-pyrrole nitrogens is 1. The minimum absolute atomic E-state index is 0.147. The summed E-state index contributed by atoms with van der Waals surface area (Å²) in [6.07, 6.45) is -4.83. The quantitative estimate of drug-likeness (QED) is 0.346. The molecule has 0 aromatic carbocycles. The highest BCUT2D eigenvalue weighted by atomic mass is 16.6. The third-order valence-corrected chi connectivity index (χ3v) is 2.83. The molecule has 9 heteroatoms. The highest BCUT2D eigenvalue weighted by molar-refractivity contribution is 5.93. The molecule has 0 bridgehead atoms. The molecule has 9 nitrogen and oxygen atoms in total. The predicted molar refractivity (Wildman–Crippen MR) is 55.5 cm³/mol. The topological polar surface area (TPSA) is 162 Å². The number of aliphatic hydroxyl groups excluding tert-OH is 3. The van der Waals surface area contributed by atoms with Gasteiger partial charge >= 0.3 is 0 Å². The lowest BCUT2D eigenvalue weighted by Crippen LogP contribution is -2.32. The minimum atomic E-state index is -1.38. The van der Waals surface area contributed by atoms with E-state index in [1.54, 1.807) is 0 Å². The van der Waals surface area contributed by atoms with E-state index in [0.29, 0.717) is 0 Å². The van der Waals surface area contributed by atoms with Gasteiger partial charge in [-0.05, 0) is 0 Å². The van der Waals surface area contributed by atoms with Crippen molar-refractivity contribution in [3.05, 3.63) is 11.4 Å². The first-order chi connectivity index (χ1) is 8.47. The molecule has 4 atom stereocenters. The van der Waals surface area contributed by atoms with Crippen LogP contribution in [0, 0.1) is 0 Å². The van der Waals surface area contributed by atoms with Crippen molar-refractivity contribution in [3.8, 4) is 5.75 Å². The van der Waals surface area contributed by atoms with Crippen molar-refractivity contribution in [2.75, 3.05) is 6.61 Å². The Labute approximate surface area is 101 Å². The van der Waals surface area contributed by atoms with E-state index in [1.807, 2.05) is 0 Å². The van der Waals surface area contributed by atoms with Crippen LogP contribution in [0.25, 0.3) is 0 Å². The fourth-order valence-electron chi connectivity index (χ4n) is 1.85. The van der Waals surface area contributed by atoms with Gasteiger partial charge in [-0.3, -0.25) is 9.89 Å². The van der Waals surface area contributed by atoms with Crippen LogP contribution in [0.4, 0.5) is 0 Å². The second-order valence-electron chi connectivity index (χ2n) is 3.96. The number of aliphatic hydroxyl groups is 3. The number of rotatable bonds is 3. The molecule has 1 saturated heterocycles. The number of carbonyl (C=O) groups is 1. The molecule has 1 aliphatic rings. The number of hydrogen-bond acceptors (Lipinski definition) is 7. The number of amides is 1. The summed E-state index contributed by atoms with van der Waals surface area (Å²) in [5, 5.41) is 43.7. The molecule has 1 aromatic heterocycles. The molecule has 0 radical (unpaired) electrons. The van der Waals surface area contributed by atoms with E-state index < -0.39 is 42.7 Å². The lowest BCUT2D eigenvalue weighted by atomic mass is 10.1. The van der Waals surface area contributed by atoms with Crippen molar-refractivity contribution in [2.24, 2.45) is 5.73 Å². The van der Waals surface area contributed by atoms with Crippen molar-refractivity contribution in [2.45, 2.75) is 24.4 Å². The summed E-state index contributed by atoms with van der Waals surface area (Å²) in [6.45, 7) is -0.497. The number of aromatic amines is 1. The fraction of sp³-hybridized carbons (Fsp3) is 0.556. The normalized spacial score (nSPS) is 31.7. The van der Waals surface area contributed by atoms with Crippen LogP contribution in [-0.4, -0.2) is 61.4 Å². The first-order valence-electron chi connectivity index (χ1n) is 5.16. The summed E-state index contributed by atoms with van der Waals surface area (Å²) in [5.41, 5.74) is 4.52. The zero-order chi connectivity index (χ0) is 13.4. The molecule has 2 heterocycles. The summed E-state index contributed by atoms with van der Waals surface area (Å²) < 4.78 is 5.15. The Morgan fingerprint density at radius 1 is 1.44 bits per heavy atom. The van der Waals surface area contributed by atoms with E-state index in [1.165, 1.54) is 0 Å². The van der Waals surface area contributed by atoms with Crippen molar-refractivity contribution in [3.63, 3.8) is 0 Å². The largest absolute Gasteiger partial charge is 0.504 e. The van der Waals surface area contributed by atoms with Gasteiger partial charge in [0.05, 0.1) is 6.61 Å². The van der Waals surface area contributed by atoms with Crippen LogP contribution in [0.1, 0.15) is 22.3 Å². The molecule has 1 amide bonds. The molecule has 18 heavy (non-hydrogen) atoms. The second-order valence-corrected chi connectivity index (χ2v) is 3.96. The molecule has 0 aliphatic carbocycles. The van der Waals surface area contributed by atoms with Gasteiger partial charge in [-0.25, -0.2) is 0 Å². The van der Waals surface area contributed by atoms with Gasteiger partial charge in [0.2, 0.25) is 0 Å². The van der Waals surface area contributed by atoms with Crippen LogP contribution in [0.5, 0.6) is 5.75 Å². The summed E-state index contributed by atoms with van der Waals surface area (Å²) in [6, 6.07) is 0. The monoisotopic (exact) mass is 259 g/mol. The Hall–Kier alpha value is -1.68. The average molecular weight is 259 g/mol. The number of carbonyl (C=O) groups excluding carboxylic acids is 1. The maximum atomic E-state index is 10.9. The van der Waals surface area contributed by atoms with Gasteiger partial charge < -0.3 is 30.9 Å². The van der Waals surface area contributed by atoms with Gasteiger partial charge in [0.1, 0.15) is 30.1 Å². The number of aromatic nitrogens is 2. The number of primary amides is 1. The van der Waals surface area contributed by atoms with Crippen LogP contribution in [-0.2, 0) is 4.74 Å². The number of aromatic hydroxyl groups is 1. The van der Waals surface area contributed by atoms with E-state index >= 15 is 0 Å². The predicted octanol–water partition coefficient (Wildman–Crippen LogP) is -2.63. The third-order valence-electron chi connectivity index (χ3n) is 2.83. The Morgan fingerprint density at radius 3 is 2.56 bits per heavy atom. The Kier molecular flexibility index (Phi) is 3.22. The van der Waals surface area contributed by atoms with Crippen molar-refractivity contribution < 1.29 is 30.0 Å². The molecule has 1 aromatic rings. The van der Waals surface area contributed by atoms with E-state index in [2.05, 4.69) is 10.2 Å². The van der Waals surface area contributed by atoms with Gasteiger partial charge in [0.25, 0.3) is 5.91 Å². The average Bonchev–Trinajstić information content (AvgIpc) is 2.82. The van der Waals surface area contributed by atoms with E-state index in [0.717, 1.165) is 0 Å². The van der Waals surface area contributed by atoms with Gasteiger partial charge in [0, 0.05) is 0 Å². The molecule has 0 spiro atoms. The summed E-state index contributed by atoms with van der Waals surface area (Å²) in [4.78, 5) is 10.9. The first-order valence-corrected chi connectivity index (χ1v) is 5.16. The van der Waals surface area contributed by atoms with Crippen LogP contribution >= 0.6 is 0 Å². The summed E-state index contributed by atoms with van der Waals surface area (Å²) >= 11 is 0. The number of nitrogens with two attached hydrogens (primary N) is 1. The van der Waals surface area contributed by atoms with Crippen molar-refractivity contribution >= 4 is 5.91 Å². The van der Waals surface area contributed by atoms with Gasteiger partial charge in [0.15, 0.2) is 11.4 Å². The SMILES string of the molecule is NC(=O)c1[nH]nc(C2OC(CO)C(O)C2O)c1O. The Bertz CT molecular complexity index is 461. The first kappa shape index (κ1) is 12.8. The minimum Gasteiger partial charge on any atom is -0.504 e. The molecule has 1 aliphatic heterocycles. The molecule has 4 unspecified atom stereocenters. The van der Waals surface area contributed by atoms with Crippen LogP contribution < -0.4 is 5.73 Å².